The lowest BCUT2D eigenvalue weighted by molar-refractivity contribution is -0.0709. The van der Waals surface area contributed by atoms with Gasteiger partial charge in [0.15, 0.2) is 0 Å². The highest BCUT2D eigenvalue weighted by molar-refractivity contribution is 5.59. The molecular weight excluding hydrogens is 268 g/mol. The third-order valence-electron chi connectivity index (χ3n) is 7.70. The molecule has 2 heterocycles. The minimum atomic E-state index is 0.647. The molecule has 1 aromatic carbocycles. The van der Waals surface area contributed by atoms with Gasteiger partial charge in [-0.05, 0) is 86.2 Å². The normalized spacial score (nSPS) is 47.8. The maximum atomic E-state index is 4.00. The molecule has 1 N–H and O–H groups in total. The van der Waals surface area contributed by atoms with Gasteiger partial charge in [0.2, 0.25) is 0 Å². The van der Waals surface area contributed by atoms with Crippen molar-refractivity contribution in [3.05, 3.63) is 29.8 Å². The van der Waals surface area contributed by atoms with Crippen molar-refractivity contribution in [2.75, 3.05) is 5.01 Å². The number of nitrogens with one attached hydrogen (secondary N) is 1. The topological polar surface area (TPSA) is 15.3 Å². The molecule has 1 unspecified atom stereocenters. The van der Waals surface area contributed by atoms with Crippen molar-refractivity contribution in [2.45, 2.75) is 63.5 Å². The van der Waals surface area contributed by atoms with Crippen LogP contribution in [0.3, 0.4) is 0 Å². The highest BCUT2D eigenvalue weighted by Gasteiger charge is 2.56. The second kappa shape index (κ2) is 4.08. The van der Waals surface area contributed by atoms with Crippen molar-refractivity contribution in [1.82, 2.24) is 5.43 Å². The molecule has 116 valence electrons. The van der Waals surface area contributed by atoms with Gasteiger partial charge < -0.3 is 5.01 Å². The fourth-order valence-electron chi connectivity index (χ4n) is 7.31. The number of nitrogens with zero attached hydrogens (tertiary/aromatic N) is 1. The number of para-hydroxylation sites is 1. The third-order valence-corrected chi connectivity index (χ3v) is 7.70. The predicted octanol–water partition coefficient (Wildman–Crippen LogP) is 3.91. The third kappa shape index (κ3) is 1.55. The predicted molar refractivity (Wildman–Crippen MR) is 88.6 cm³/mol. The molecule has 2 aliphatic heterocycles. The van der Waals surface area contributed by atoms with Crippen molar-refractivity contribution in [1.29, 1.82) is 0 Å². The highest BCUT2D eigenvalue weighted by Crippen LogP contribution is 2.62. The minimum Gasteiger partial charge on any atom is -0.304 e. The van der Waals surface area contributed by atoms with Crippen LogP contribution in [-0.4, -0.2) is 12.1 Å². The Balaban J connectivity index is 1.31. The molecule has 22 heavy (non-hydrogen) atoms. The van der Waals surface area contributed by atoms with Gasteiger partial charge >= 0.3 is 0 Å². The van der Waals surface area contributed by atoms with Crippen LogP contribution in [0.25, 0.3) is 0 Å². The Morgan fingerprint density at radius 1 is 0.909 bits per heavy atom. The van der Waals surface area contributed by atoms with Gasteiger partial charge in [-0.2, -0.15) is 0 Å². The summed E-state index contributed by atoms with van der Waals surface area (Å²) >= 11 is 0. The van der Waals surface area contributed by atoms with Gasteiger partial charge in [-0.3, -0.25) is 0 Å². The smallest absolute Gasteiger partial charge is 0.0555 e. The van der Waals surface area contributed by atoms with E-state index in [2.05, 4.69) is 34.7 Å². The van der Waals surface area contributed by atoms with Gasteiger partial charge in [-0.25, -0.2) is 5.43 Å². The summed E-state index contributed by atoms with van der Waals surface area (Å²) in [6, 6.07) is 10.5. The zero-order valence-corrected chi connectivity index (χ0v) is 13.3. The first kappa shape index (κ1) is 12.4. The quantitative estimate of drug-likeness (QED) is 0.845. The van der Waals surface area contributed by atoms with Crippen molar-refractivity contribution in [3.63, 3.8) is 0 Å². The second-order valence-corrected chi connectivity index (χ2v) is 9.05. The van der Waals surface area contributed by atoms with Gasteiger partial charge in [0.25, 0.3) is 0 Å². The standard InChI is InChI=1S/C20H26N2/c1-2-4-18-16(3-1)8-17-9-19(21-22(17)18)20-10-13-5-14(11-20)7-15(6-13)12-20/h1-4,13-15,17,19,21H,5-12H2/t13?,14?,15?,17-,19?,20?/m0/s1. The maximum absolute atomic E-state index is 4.00. The summed E-state index contributed by atoms with van der Waals surface area (Å²) in [6.07, 6.45) is 11.9. The molecule has 7 rings (SSSR count). The summed E-state index contributed by atoms with van der Waals surface area (Å²) in [7, 11) is 0. The van der Waals surface area contributed by atoms with Crippen molar-refractivity contribution < 1.29 is 0 Å². The lowest BCUT2D eigenvalue weighted by Crippen LogP contribution is -2.55. The summed E-state index contributed by atoms with van der Waals surface area (Å²) in [4.78, 5) is 0. The summed E-state index contributed by atoms with van der Waals surface area (Å²) in [5.74, 6) is 3.20. The van der Waals surface area contributed by atoms with Gasteiger partial charge in [-0.1, -0.05) is 18.2 Å². The summed E-state index contributed by atoms with van der Waals surface area (Å²) < 4.78 is 0. The average Bonchev–Trinajstić information content (AvgIpc) is 3.03. The van der Waals surface area contributed by atoms with Gasteiger partial charge in [-0.15, -0.1) is 0 Å². The zero-order chi connectivity index (χ0) is 14.3. The van der Waals surface area contributed by atoms with Crippen molar-refractivity contribution in [3.8, 4) is 0 Å². The fourth-order valence-corrected chi connectivity index (χ4v) is 7.31. The van der Waals surface area contributed by atoms with Crippen LogP contribution >= 0.6 is 0 Å². The van der Waals surface area contributed by atoms with Crippen LogP contribution in [0, 0.1) is 23.2 Å². The molecule has 2 nitrogen and oxygen atoms in total. The van der Waals surface area contributed by atoms with E-state index in [0.29, 0.717) is 5.41 Å². The molecule has 0 spiro atoms. The van der Waals surface area contributed by atoms with E-state index in [1.165, 1.54) is 37.8 Å². The number of rotatable bonds is 1. The molecule has 2 heteroatoms. The summed E-state index contributed by atoms with van der Waals surface area (Å²) in [5.41, 5.74) is 7.65. The Kier molecular flexibility index (Phi) is 2.30. The lowest BCUT2D eigenvalue weighted by Gasteiger charge is -2.59. The molecule has 4 bridgehead atoms. The van der Waals surface area contributed by atoms with Gasteiger partial charge in [0, 0.05) is 6.04 Å². The second-order valence-electron chi connectivity index (χ2n) is 9.05. The number of hydrazine groups is 1. The molecule has 4 saturated carbocycles. The first-order chi connectivity index (χ1) is 10.8. The average molecular weight is 294 g/mol. The van der Waals surface area contributed by atoms with Crippen LogP contribution in [0.4, 0.5) is 5.69 Å². The zero-order valence-electron chi connectivity index (χ0n) is 13.3. The molecule has 1 aromatic rings. The molecule has 0 radical (unpaired) electrons. The SMILES string of the molecule is c1ccc2c(c1)C[C@H]1CC(C34CC5CC(CC(C5)C3)C4)NN21. The number of benzene rings is 1. The van der Waals surface area contributed by atoms with E-state index in [-0.39, 0.29) is 0 Å². The van der Waals surface area contributed by atoms with E-state index in [0.717, 1.165) is 29.8 Å². The molecule has 4 aliphatic carbocycles. The van der Waals surface area contributed by atoms with Crippen LogP contribution in [-0.2, 0) is 6.42 Å². The monoisotopic (exact) mass is 294 g/mol. The Labute approximate surface area is 133 Å². The van der Waals surface area contributed by atoms with E-state index >= 15 is 0 Å². The van der Waals surface area contributed by atoms with Gasteiger partial charge in [0.1, 0.15) is 0 Å². The van der Waals surface area contributed by atoms with Crippen LogP contribution in [0.1, 0.15) is 50.5 Å². The van der Waals surface area contributed by atoms with Crippen LogP contribution < -0.4 is 10.4 Å². The van der Waals surface area contributed by atoms with E-state index in [9.17, 15) is 0 Å². The van der Waals surface area contributed by atoms with Crippen LogP contribution in [0.15, 0.2) is 24.3 Å². The largest absolute Gasteiger partial charge is 0.304 e. The molecule has 5 fully saturated rings. The number of hydrogen-bond donors (Lipinski definition) is 1. The number of hydrogen-bond acceptors (Lipinski definition) is 2. The summed E-state index contributed by atoms with van der Waals surface area (Å²) in [6.45, 7) is 0. The Morgan fingerprint density at radius 2 is 1.59 bits per heavy atom. The van der Waals surface area contributed by atoms with E-state index in [1.54, 1.807) is 24.8 Å². The minimum absolute atomic E-state index is 0.647. The first-order valence-corrected chi connectivity index (χ1v) is 9.42. The lowest BCUT2D eigenvalue weighted by atomic mass is 9.47. The van der Waals surface area contributed by atoms with Gasteiger partial charge in [0.05, 0.1) is 11.7 Å². The summed E-state index contributed by atoms with van der Waals surface area (Å²) in [5, 5.41) is 2.54. The first-order valence-electron chi connectivity index (χ1n) is 9.42. The van der Waals surface area contributed by atoms with E-state index in [4.69, 9.17) is 0 Å². The Hall–Kier alpha value is -1.02. The van der Waals surface area contributed by atoms with Crippen molar-refractivity contribution in [2.24, 2.45) is 23.2 Å². The molecule has 0 amide bonds. The van der Waals surface area contributed by atoms with E-state index < -0.39 is 0 Å². The maximum Gasteiger partial charge on any atom is 0.0555 e. The molecule has 0 aromatic heterocycles. The number of anilines is 1. The van der Waals surface area contributed by atoms with Crippen molar-refractivity contribution >= 4 is 5.69 Å². The van der Waals surface area contributed by atoms with Crippen LogP contribution in [0.5, 0.6) is 0 Å². The molecule has 1 saturated heterocycles. The molecule has 6 aliphatic rings. The highest BCUT2D eigenvalue weighted by atomic mass is 15.6. The number of fused-ring (bicyclic) bond motifs is 3. The van der Waals surface area contributed by atoms with E-state index in [1.807, 2.05) is 0 Å². The molecule has 2 atom stereocenters. The fraction of sp³-hybridized carbons (Fsp3) is 0.700. The Bertz CT molecular complexity index is 587. The Morgan fingerprint density at radius 3 is 2.32 bits per heavy atom. The molecular formula is C20H26N2. The van der Waals surface area contributed by atoms with Crippen LogP contribution in [0.2, 0.25) is 0 Å².